The Bertz CT molecular complexity index is 345. The van der Waals surface area contributed by atoms with Crippen LogP contribution in [0.1, 0.15) is 22.8 Å². The Morgan fingerprint density at radius 2 is 2.00 bits per heavy atom. The molecule has 0 radical (unpaired) electrons. The fourth-order valence-corrected chi connectivity index (χ4v) is 1.02. The summed E-state index contributed by atoms with van der Waals surface area (Å²) < 4.78 is 4.71. The lowest BCUT2D eigenvalue weighted by atomic mass is 10.1. The summed E-state index contributed by atoms with van der Waals surface area (Å²) in [6, 6.07) is 7.17. The highest BCUT2D eigenvalue weighted by Crippen LogP contribution is 2.08. The lowest BCUT2D eigenvalue weighted by Gasteiger charge is -2.01. The highest BCUT2D eigenvalue weighted by atomic mass is 17.2. The zero-order valence-corrected chi connectivity index (χ0v) is 9.73. The second-order valence-electron chi connectivity index (χ2n) is 3.50. The first-order chi connectivity index (χ1) is 7.65. The molecule has 0 saturated carbocycles. The van der Waals surface area contributed by atoms with Gasteiger partial charge in [-0.15, -0.1) is 0 Å². The van der Waals surface area contributed by atoms with Crippen molar-refractivity contribution in [3.63, 3.8) is 0 Å². The van der Waals surface area contributed by atoms with E-state index in [0.717, 1.165) is 12.2 Å². The van der Waals surface area contributed by atoms with Gasteiger partial charge in [-0.25, -0.2) is 4.79 Å². The Labute approximate surface area is 95.1 Å². The Hall–Kier alpha value is -1.39. The highest BCUT2D eigenvalue weighted by Gasteiger charge is 2.13. The van der Waals surface area contributed by atoms with E-state index in [1.807, 2.05) is 19.1 Å². The smallest absolute Gasteiger partial charge is 0.373 e. The van der Waals surface area contributed by atoms with Crippen LogP contribution >= 0.6 is 0 Å². The third-order valence-corrected chi connectivity index (χ3v) is 2.02. The minimum absolute atomic E-state index is 0.462. The molecule has 0 amide bonds. The molecule has 0 aromatic heterocycles. The van der Waals surface area contributed by atoms with Crippen LogP contribution in [-0.4, -0.2) is 25.8 Å². The Balaban J connectivity index is 0.000000267. The zero-order valence-electron chi connectivity index (χ0n) is 9.73. The number of epoxide rings is 1. The topological polar surface area (TPSA) is 48.1 Å². The van der Waals surface area contributed by atoms with Crippen molar-refractivity contribution >= 4 is 5.97 Å². The third-order valence-electron chi connectivity index (χ3n) is 2.02. The standard InChI is InChI=1S/C9H10O3.C3H6O/c1-7-5-3-4-6-8(7)9(10)12-11-2;1-3-2-4-3/h3-6H,1-2H3;3H,2H2,1H3. The second-order valence-corrected chi connectivity index (χ2v) is 3.50. The predicted molar refractivity (Wildman–Crippen MR) is 59.0 cm³/mol. The van der Waals surface area contributed by atoms with E-state index in [0.29, 0.717) is 11.7 Å². The van der Waals surface area contributed by atoms with Crippen LogP contribution in [0.4, 0.5) is 0 Å². The molecule has 0 bridgehead atoms. The molecule has 1 aromatic rings. The summed E-state index contributed by atoms with van der Waals surface area (Å²) >= 11 is 0. The van der Waals surface area contributed by atoms with Gasteiger partial charge in [0.2, 0.25) is 0 Å². The highest BCUT2D eigenvalue weighted by molar-refractivity contribution is 5.90. The first-order valence-electron chi connectivity index (χ1n) is 5.07. The monoisotopic (exact) mass is 224 g/mol. The van der Waals surface area contributed by atoms with Crippen molar-refractivity contribution in [1.82, 2.24) is 0 Å². The quantitative estimate of drug-likeness (QED) is 0.438. The van der Waals surface area contributed by atoms with E-state index < -0.39 is 5.97 Å². The van der Waals surface area contributed by atoms with Crippen LogP contribution < -0.4 is 0 Å². The number of benzene rings is 1. The Morgan fingerprint density at radius 1 is 1.44 bits per heavy atom. The predicted octanol–water partition coefficient (Wildman–Crippen LogP) is 2.12. The molecule has 1 aliphatic heterocycles. The van der Waals surface area contributed by atoms with Crippen LogP contribution in [0.25, 0.3) is 0 Å². The molecule has 2 rings (SSSR count). The molecule has 1 aromatic carbocycles. The van der Waals surface area contributed by atoms with Gasteiger partial charge in [0.05, 0.1) is 25.4 Å². The van der Waals surface area contributed by atoms with Crippen molar-refractivity contribution in [2.24, 2.45) is 0 Å². The molecule has 1 atom stereocenters. The number of hydrogen-bond acceptors (Lipinski definition) is 4. The van der Waals surface area contributed by atoms with Crippen LogP contribution in [0, 0.1) is 6.92 Å². The molecule has 1 unspecified atom stereocenters. The van der Waals surface area contributed by atoms with Gasteiger partial charge in [-0.05, 0) is 25.5 Å². The van der Waals surface area contributed by atoms with E-state index in [-0.39, 0.29) is 0 Å². The lowest BCUT2D eigenvalue weighted by molar-refractivity contribution is -0.216. The van der Waals surface area contributed by atoms with Crippen molar-refractivity contribution in [3.05, 3.63) is 35.4 Å². The molecule has 4 heteroatoms. The summed E-state index contributed by atoms with van der Waals surface area (Å²) in [7, 11) is 1.30. The molecule has 4 nitrogen and oxygen atoms in total. The molecule has 16 heavy (non-hydrogen) atoms. The summed E-state index contributed by atoms with van der Waals surface area (Å²) in [5.74, 6) is -0.462. The van der Waals surface area contributed by atoms with Gasteiger partial charge in [0.25, 0.3) is 0 Å². The van der Waals surface area contributed by atoms with E-state index in [2.05, 4.69) is 16.7 Å². The minimum atomic E-state index is -0.462. The van der Waals surface area contributed by atoms with Gasteiger partial charge < -0.3 is 4.74 Å². The fourth-order valence-electron chi connectivity index (χ4n) is 1.02. The van der Waals surface area contributed by atoms with Crippen LogP contribution in [0.15, 0.2) is 24.3 Å². The van der Waals surface area contributed by atoms with Crippen molar-refractivity contribution < 1.29 is 19.3 Å². The lowest BCUT2D eigenvalue weighted by Crippen LogP contribution is -2.05. The maximum Gasteiger partial charge on any atom is 0.373 e. The van der Waals surface area contributed by atoms with E-state index in [1.165, 1.54) is 7.11 Å². The fraction of sp³-hybridized carbons (Fsp3) is 0.417. The van der Waals surface area contributed by atoms with Gasteiger partial charge in [-0.3, -0.25) is 4.89 Å². The summed E-state index contributed by atoms with van der Waals surface area (Å²) in [5.41, 5.74) is 1.40. The average molecular weight is 224 g/mol. The number of aryl methyl sites for hydroxylation is 1. The van der Waals surface area contributed by atoms with Crippen molar-refractivity contribution in [2.45, 2.75) is 20.0 Å². The summed E-state index contributed by atoms with van der Waals surface area (Å²) in [6.45, 7) is 4.88. The molecule has 0 N–H and O–H groups in total. The van der Waals surface area contributed by atoms with Crippen molar-refractivity contribution in [2.75, 3.05) is 13.7 Å². The average Bonchev–Trinajstić information content (AvgIpc) is 3.02. The van der Waals surface area contributed by atoms with E-state index in [9.17, 15) is 4.79 Å². The van der Waals surface area contributed by atoms with Crippen LogP contribution in [0.3, 0.4) is 0 Å². The Kier molecular flexibility index (Phi) is 4.95. The number of ether oxygens (including phenoxy) is 1. The van der Waals surface area contributed by atoms with Gasteiger partial charge in [0, 0.05) is 0 Å². The van der Waals surface area contributed by atoms with Gasteiger partial charge in [-0.2, -0.15) is 4.89 Å². The van der Waals surface area contributed by atoms with E-state index in [4.69, 9.17) is 4.74 Å². The minimum Gasteiger partial charge on any atom is -0.373 e. The SMILES string of the molecule is CC1CO1.COOC(=O)c1ccccc1C. The van der Waals surface area contributed by atoms with E-state index >= 15 is 0 Å². The van der Waals surface area contributed by atoms with Crippen molar-refractivity contribution in [3.8, 4) is 0 Å². The third kappa shape index (κ3) is 4.42. The number of rotatable bonds is 2. The van der Waals surface area contributed by atoms with Crippen LogP contribution in [-0.2, 0) is 14.5 Å². The largest absolute Gasteiger partial charge is 0.373 e. The van der Waals surface area contributed by atoms with Gasteiger partial charge in [-0.1, -0.05) is 18.2 Å². The number of carbonyl (C=O) groups excluding carboxylic acids is 1. The molecule has 1 fully saturated rings. The van der Waals surface area contributed by atoms with Gasteiger partial charge in [0.15, 0.2) is 0 Å². The molecule has 1 heterocycles. The van der Waals surface area contributed by atoms with E-state index in [1.54, 1.807) is 12.1 Å². The molecule has 88 valence electrons. The molecule has 1 saturated heterocycles. The molecular weight excluding hydrogens is 208 g/mol. The maximum atomic E-state index is 11.1. The number of carbonyl (C=O) groups is 1. The van der Waals surface area contributed by atoms with Gasteiger partial charge >= 0.3 is 5.97 Å². The molecular formula is C12H16O4. The zero-order chi connectivity index (χ0) is 12.0. The van der Waals surface area contributed by atoms with Gasteiger partial charge in [0.1, 0.15) is 0 Å². The Morgan fingerprint density at radius 3 is 2.44 bits per heavy atom. The summed E-state index contributed by atoms with van der Waals surface area (Å²) in [6.07, 6.45) is 0.583. The second kappa shape index (κ2) is 6.25. The first kappa shape index (κ1) is 12.7. The van der Waals surface area contributed by atoms with Crippen LogP contribution in [0.5, 0.6) is 0 Å². The van der Waals surface area contributed by atoms with Crippen LogP contribution in [0.2, 0.25) is 0 Å². The molecule has 0 spiro atoms. The normalized spacial score (nSPS) is 17.1. The van der Waals surface area contributed by atoms with Crippen molar-refractivity contribution in [1.29, 1.82) is 0 Å². The summed E-state index contributed by atoms with van der Waals surface area (Å²) in [5, 5.41) is 0. The summed E-state index contributed by atoms with van der Waals surface area (Å²) in [4.78, 5) is 19.8. The maximum absolute atomic E-state index is 11.1. The molecule has 0 aliphatic carbocycles. The molecule has 1 aliphatic rings. The first-order valence-corrected chi connectivity index (χ1v) is 5.07. The number of hydrogen-bond donors (Lipinski definition) is 0.